The molecule has 0 unspecified atom stereocenters. The van der Waals surface area contributed by atoms with Crippen LogP contribution in [0, 0.1) is 0 Å². The van der Waals surface area contributed by atoms with Crippen molar-refractivity contribution >= 4 is 18.2 Å². The second-order valence-corrected chi connectivity index (χ2v) is 5.14. The van der Waals surface area contributed by atoms with E-state index in [1.807, 2.05) is 0 Å². The Morgan fingerprint density at radius 1 is 1.10 bits per heavy atom. The van der Waals surface area contributed by atoms with E-state index in [9.17, 15) is 4.79 Å². The van der Waals surface area contributed by atoms with Gasteiger partial charge < -0.3 is 14.4 Å². The van der Waals surface area contributed by atoms with Crippen molar-refractivity contribution in [3.8, 4) is 0 Å². The van der Waals surface area contributed by atoms with Crippen molar-refractivity contribution in [1.29, 1.82) is 0 Å². The van der Waals surface area contributed by atoms with Gasteiger partial charge in [-0.15, -0.1) is 12.4 Å². The van der Waals surface area contributed by atoms with E-state index < -0.39 is 0 Å². The summed E-state index contributed by atoms with van der Waals surface area (Å²) in [4.78, 5) is 16.7. The Bertz CT molecular complexity index is 360. The van der Waals surface area contributed by atoms with Gasteiger partial charge in [-0.3, -0.25) is 9.69 Å². The highest BCUT2D eigenvalue weighted by molar-refractivity contribution is 5.97. The van der Waals surface area contributed by atoms with Gasteiger partial charge in [0.1, 0.15) is 0 Å². The number of Topliss-reactive ketones (excluding diaryl/α,β-unsaturated/α-hetero) is 1. The van der Waals surface area contributed by atoms with E-state index in [4.69, 9.17) is 9.47 Å². The molecular formula is C14H25ClN2O3. The quantitative estimate of drug-likeness (QED) is 0.739. The fourth-order valence-corrected chi connectivity index (χ4v) is 2.79. The molecule has 0 amide bonds. The third-order valence-corrected chi connectivity index (χ3v) is 3.81. The summed E-state index contributed by atoms with van der Waals surface area (Å²) in [6.45, 7) is 4.77. The lowest BCUT2D eigenvalue weighted by Gasteiger charge is -2.41. The summed E-state index contributed by atoms with van der Waals surface area (Å²) >= 11 is 0. The molecule has 2 rings (SSSR count). The highest BCUT2D eigenvalue weighted by Crippen LogP contribution is 2.29. The van der Waals surface area contributed by atoms with Crippen LogP contribution in [0.3, 0.4) is 0 Å². The van der Waals surface area contributed by atoms with Gasteiger partial charge in [-0.1, -0.05) is 0 Å². The van der Waals surface area contributed by atoms with Gasteiger partial charge in [-0.2, -0.15) is 0 Å². The van der Waals surface area contributed by atoms with E-state index in [2.05, 4.69) is 9.80 Å². The first-order chi connectivity index (χ1) is 9.26. The maximum Gasteiger partial charge on any atom is 0.161 e. The zero-order valence-electron chi connectivity index (χ0n) is 12.4. The van der Waals surface area contributed by atoms with Crippen LogP contribution in [0.25, 0.3) is 0 Å². The average Bonchev–Trinajstić information content (AvgIpc) is 2.43. The minimum Gasteiger partial charge on any atom is -0.383 e. The Labute approximate surface area is 127 Å². The Kier molecular flexibility index (Phi) is 7.51. The minimum absolute atomic E-state index is 0. The van der Waals surface area contributed by atoms with Crippen molar-refractivity contribution < 1.29 is 14.3 Å². The summed E-state index contributed by atoms with van der Waals surface area (Å²) in [5.74, 6) is 0.325. The fourth-order valence-electron chi connectivity index (χ4n) is 2.79. The van der Waals surface area contributed by atoms with Gasteiger partial charge in [0.05, 0.1) is 19.9 Å². The van der Waals surface area contributed by atoms with Crippen molar-refractivity contribution in [3.05, 3.63) is 11.3 Å². The van der Waals surface area contributed by atoms with Crippen molar-refractivity contribution in [1.82, 2.24) is 9.80 Å². The number of hydrogen-bond acceptors (Lipinski definition) is 5. The number of ketones is 1. The van der Waals surface area contributed by atoms with Crippen molar-refractivity contribution in [2.45, 2.75) is 19.3 Å². The molecule has 0 aromatic heterocycles. The summed E-state index contributed by atoms with van der Waals surface area (Å²) in [7, 11) is 3.43. The van der Waals surface area contributed by atoms with Gasteiger partial charge >= 0.3 is 0 Å². The summed E-state index contributed by atoms with van der Waals surface area (Å²) in [6, 6.07) is 0. The topological polar surface area (TPSA) is 42.0 Å². The zero-order chi connectivity index (χ0) is 13.7. The molecule has 6 heteroatoms. The normalized spacial score (nSPS) is 19.9. The lowest BCUT2D eigenvalue weighted by molar-refractivity contribution is -0.117. The molecule has 1 heterocycles. The predicted molar refractivity (Wildman–Crippen MR) is 80.0 cm³/mol. The molecule has 0 atom stereocenters. The smallest absolute Gasteiger partial charge is 0.161 e. The van der Waals surface area contributed by atoms with E-state index in [1.165, 1.54) is 5.70 Å². The van der Waals surface area contributed by atoms with Crippen LogP contribution < -0.4 is 0 Å². The van der Waals surface area contributed by atoms with Crippen molar-refractivity contribution in [2.24, 2.45) is 0 Å². The number of hydrogen-bond donors (Lipinski definition) is 0. The molecule has 116 valence electrons. The number of methoxy groups -OCH3 is 2. The first-order valence-corrected chi connectivity index (χ1v) is 6.96. The molecule has 0 saturated heterocycles. The van der Waals surface area contributed by atoms with Crippen molar-refractivity contribution in [2.75, 3.05) is 53.7 Å². The molecule has 2 aliphatic rings. The van der Waals surface area contributed by atoms with Gasteiger partial charge in [0.25, 0.3) is 0 Å². The summed E-state index contributed by atoms with van der Waals surface area (Å²) < 4.78 is 10.3. The standard InChI is InChI=1S/C14H24N2O3.ClH/c1-18-8-6-15-10-12-13(4-3-5-14(12)17)16(11-15)7-9-19-2;/h3-11H2,1-2H3;1H. The van der Waals surface area contributed by atoms with Crippen LogP contribution in [0.5, 0.6) is 0 Å². The first-order valence-electron chi connectivity index (χ1n) is 6.96. The first kappa shape index (κ1) is 17.4. The van der Waals surface area contributed by atoms with Crippen LogP contribution in [-0.2, 0) is 14.3 Å². The molecule has 1 aliphatic heterocycles. The lowest BCUT2D eigenvalue weighted by Crippen LogP contribution is -2.48. The van der Waals surface area contributed by atoms with Gasteiger partial charge in [0, 0.05) is 51.5 Å². The molecule has 0 spiro atoms. The van der Waals surface area contributed by atoms with Crippen LogP contribution in [0.1, 0.15) is 19.3 Å². The van der Waals surface area contributed by atoms with E-state index in [0.717, 1.165) is 44.7 Å². The molecule has 0 saturated carbocycles. The highest BCUT2D eigenvalue weighted by atomic mass is 35.5. The van der Waals surface area contributed by atoms with E-state index in [0.29, 0.717) is 25.4 Å². The number of rotatable bonds is 6. The zero-order valence-corrected chi connectivity index (χ0v) is 13.2. The van der Waals surface area contributed by atoms with E-state index in [-0.39, 0.29) is 12.4 Å². The fraction of sp³-hybridized carbons (Fsp3) is 0.786. The predicted octanol–water partition coefficient (Wildman–Crippen LogP) is 1.28. The monoisotopic (exact) mass is 304 g/mol. The van der Waals surface area contributed by atoms with Gasteiger partial charge in [0.2, 0.25) is 0 Å². The largest absolute Gasteiger partial charge is 0.383 e. The van der Waals surface area contributed by atoms with Crippen LogP contribution in [0.4, 0.5) is 0 Å². The van der Waals surface area contributed by atoms with Gasteiger partial charge in [0.15, 0.2) is 5.78 Å². The van der Waals surface area contributed by atoms with Crippen LogP contribution in [0.2, 0.25) is 0 Å². The summed E-state index contributed by atoms with van der Waals surface area (Å²) in [5, 5.41) is 0. The molecule has 1 aliphatic carbocycles. The second-order valence-electron chi connectivity index (χ2n) is 5.14. The Hall–Kier alpha value is -0.620. The van der Waals surface area contributed by atoms with Crippen LogP contribution in [0.15, 0.2) is 11.3 Å². The second kappa shape index (κ2) is 8.62. The summed E-state index contributed by atoms with van der Waals surface area (Å²) in [6.07, 6.45) is 2.72. The average molecular weight is 305 g/mol. The Balaban J connectivity index is 0.00000200. The Morgan fingerprint density at radius 2 is 1.80 bits per heavy atom. The van der Waals surface area contributed by atoms with Crippen LogP contribution in [-0.4, -0.2) is 69.3 Å². The molecule has 0 N–H and O–H groups in total. The lowest BCUT2D eigenvalue weighted by atomic mass is 9.92. The third kappa shape index (κ3) is 4.19. The summed E-state index contributed by atoms with van der Waals surface area (Å²) in [5.41, 5.74) is 2.27. The molecule has 0 aromatic carbocycles. The van der Waals surface area contributed by atoms with Gasteiger partial charge in [-0.05, 0) is 12.8 Å². The molecule has 0 bridgehead atoms. The number of carbonyl (C=O) groups is 1. The highest BCUT2D eigenvalue weighted by Gasteiger charge is 2.30. The Morgan fingerprint density at radius 3 is 2.50 bits per heavy atom. The van der Waals surface area contributed by atoms with Crippen molar-refractivity contribution in [3.63, 3.8) is 0 Å². The maximum absolute atomic E-state index is 12.1. The minimum atomic E-state index is 0. The molecule has 20 heavy (non-hydrogen) atoms. The third-order valence-electron chi connectivity index (χ3n) is 3.81. The van der Waals surface area contributed by atoms with E-state index in [1.54, 1.807) is 14.2 Å². The number of halogens is 1. The van der Waals surface area contributed by atoms with E-state index >= 15 is 0 Å². The molecule has 0 radical (unpaired) electrons. The number of nitrogens with zero attached hydrogens (tertiary/aromatic N) is 2. The number of carbonyl (C=O) groups excluding carboxylic acids is 1. The molecule has 0 aromatic rings. The molecule has 5 nitrogen and oxygen atoms in total. The maximum atomic E-state index is 12.1. The van der Waals surface area contributed by atoms with Crippen LogP contribution >= 0.6 is 12.4 Å². The van der Waals surface area contributed by atoms with Gasteiger partial charge in [-0.25, -0.2) is 0 Å². The molecule has 0 fully saturated rings. The SMILES string of the molecule is COCCN1CC2=C(CCCC2=O)N(CCOC)C1.Cl. The number of allylic oxidation sites excluding steroid dienone is 1. The molecular weight excluding hydrogens is 280 g/mol. The number of ether oxygens (including phenoxy) is 2.